The molecular formula is C18H12BrCl2F3N4OS. The van der Waals surface area contributed by atoms with Crippen molar-refractivity contribution in [3.8, 4) is 0 Å². The van der Waals surface area contributed by atoms with Crippen LogP contribution in [0.5, 0.6) is 0 Å². The van der Waals surface area contributed by atoms with Crippen LogP contribution in [0.15, 0.2) is 40.2 Å². The topological polar surface area (TPSA) is 59.0 Å². The zero-order chi connectivity index (χ0) is 21.6. The van der Waals surface area contributed by atoms with E-state index in [9.17, 15) is 18.0 Å². The van der Waals surface area contributed by atoms with E-state index in [4.69, 9.17) is 23.2 Å². The molecule has 12 heteroatoms. The Kier molecular flexibility index (Phi) is 5.78. The monoisotopic (exact) mass is 538 g/mol. The predicted octanol–water partition coefficient (Wildman–Crippen LogP) is 6.93. The lowest BCUT2D eigenvalue weighted by atomic mass is 10.0. The lowest BCUT2D eigenvalue weighted by molar-refractivity contribution is -0.173. The first-order valence-electron chi connectivity index (χ1n) is 8.56. The Morgan fingerprint density at radius 2 is 2.10 bits per heavy atom. The molecule has 0 saturated heterocycles. The van der Waals surface area contributed by atoms with Gasteiger partial charge in [0, 0.05) is 16.3 Å². The van der Waals surface area contributed by atoms with E-state index >= 15 is 0 Å². The van der Waals surface area contributed by atoms with Gasteiger partial charge in [-0.2, -0.15) is 18.3 Å². The molecule has 4 rings (SSSR count). The summed E-state index contributed by atoms with van der Waals surface area (Å²) in [7, 11) is 0. The lowest BCUT2D eigenvalue weighted by Crippen LogP contribution is -2.35. The highest BCUT2D eigenvalue weighted by molar-refractivity contribution is 9.10. The minimum Gasteiger partial charge on any atom is -0.362 e. The normalized spacial score (nSPS) is 18.6. The van der Waals surface area contributed by atoms with E-state index in [1.807, 2.05) is 0 Å². The van der Waals surface area contributed by atoms with Crippen LogP contribution in [0.3, 0.4) is 0 Å². The quantitative estimate of drug-likeness (QED) is 0.379. The molecule has 0 fully saturated rings. The molecular weight excluding hydrogens is 528 g/mol. The summed E-state index contributed by atoms with van der Waals surface area (Å²) in [6, 6.07) is 5.59. The van der Waals surface area contributed by atoms with Gasteiger partial charge in [-0.15, -0.1) is 11.3 Å². The third kappa shape index (κ3) is 4.05. The average Bonchev–Trinajstić information content (AvgIpc) is 3.32. The number of nitrogens with one attached hydrogen (secondary N) is 2. The molecule has 1 aliphatic rings. The number of benzene rings is 1. The maximum Gasteiger partial charge on any atom is 0.410 e. The van der Waals surface area contributed by atoms with Crippen LogP contribution in [0.25, 0.3) is 0 Å². The van der Waals surface area contributed by atoms with Gasteiger partial charge in [-0.1, -0.05) is 29.3 Å². The standard InChI is InChI=1S/C18H12BrCl2F3N4OS/c19-14-15(17(29)26-10-6-8(20)3-4-9(10)21)27-28-13(18(22,23)24)7-11(25-16(14)28)12-2-1-5-30-12/h1-6,11,13,25H,7H2,(H,26,29). The van der Waals surface area contributed by atoms with Crippen molar-refractivity contribution >= 4 is 67.9 Å². The van der Waals surface area contributed by atoms with Crippen molar-refractivity contribution in [3.05, 3.63) is 60.8 Å². The maximum absolute atomic E-state index is 13.8. The maximum atomic E-state index is 13.8. The van der Waals surface area contributed by atoms with Crippen molar-refractivity contribution in [2.45, 2.75) is 24.7 Å². The number of nitrogens with zero attached hydrogens (tertiary/aromatic N) is 2. The molecule has 2 aromatic heterocycles. The van der Waals surface area contributed by atoms with Crippen LogP contribution in [0, 0.1) is 0 Å². The fourth-order valence-corrected chi connectivity index (χ4v) is 4.87. The van der Waals surface area contributed by atoms with Crippen molar-refractivity contribution in [2.24, 2.45) is 0 Å². The number of rotatable bonds is 3. The van der Waals surface area contributed by atoms with E-state index < -0.39 is 24.2 Å². The molecule has 1 amide bonds. The number of hydrogen-bond acceptors (Lipinski definition) is 4. The molecule has 0 spiro atoms. The zero-order valence-electron chi connectivity index (χ0n) is 14.8. The van der Waals surface area contributed by atoms with Crippen molar-refractivity contribution in [1.29, 1.82) is 0 Å². The van der Waals surface area contributed by atoms with Crippen LogP contribution in [0.1, 0.15) is 33.9 Å². The third-order valence-corrected chi connectivity index (χ3v) is 6.88. The molecule has 30 heavy (non-hydrogen) atoms. The third-order valence-electron chi connectivity index (χ3n) is 4.57. The number of amides is 1. The molecule has 0 aliphatic carbocycles. The number of halogens is 6. The van der Waals surface area contributed by atoms with E-state index in [1.54, 1.807) is 23.6 Å². The zero-order valence-corrected chi connectivity index (χ0v) is 18.7. The number of alkyl halides is 3. The Morgan fingerprint density at radius 1 is 1.33 bits per heavy atom. The molecule has 1 aliphatic heterocycles. The summed E-state index contributed by atoms with van der Waals surface area (Å²) >= 11 is 16.6. The second-order valence-electron chi connectivity index (χ2n) is 6.54. The predicted molar refractivity (Wildman–Crippen MR) is 115 cm³/mol. The highest BCUT2D eigenvalue weighted by Gasteiger charge is 2.48. The minimum absolute atomic E-state index is 0.0873. The Labute approximate surface area is 191 Å². The minimum atomic E-state index is -4.54. The molecule has 2 N–H and O–H groups in total. The second kappa shape index (κ2) is 8.07. The van der Waals surface area contributed by atoms with Crippen LogP contribution in [0.2, 0.25) is 10.0 Å². The second-order valence-corrected chi connectivity index (χ2v) is 9.16. The van der Waals surface area contributed by atoms with E-state index in [2.05, 4.69) is 31.7 Å². The Balaban J connectivity index is 1.71. The van der Waals surface area contributed by atoms with Crippen LogP contribution in [-0.2, 0) is 0 Å². The highest BCUT2D eigenvalue weighted by Crippen LogP contribution is 2.47. The fourth-order valence-electron chi connectivity index (χ4n) is 3.19. The number of aromatic nitrogens is 2. The van der Waals surface area contributed by atoms with E-state index in [0.717, 1.165) is 9.56 Å². The van der Waals surface area contributed by atoms with E-state index in [-0.39, 0.29) is 33.1 Å². The Morgan fingerprint density at radius 3 is 2.77 bits per heavy atom. The summed E-state index contributed by atoms with van der Waals surface area (Å²) in [4.78, 5) is 13.5. The first-order chi connectivity index (χ1) is 14.1. The number of thiophene rings is 1. The van der Waals surface area contributed by atoms with Gasteiger partial charge in [-0.05, 0) is 45.6 Å². The van der Waals surface area contributed by atoms with Gasteiger partial charge >= 0.3 is 6.18 Å². The summed E-state index contributed by atoms with van der Waals surface area (Å²) < 4.78 is 42.3. The van der Waals surface area contributed by atoms with Gasteiger partial charge in [0.2, 0.25) is 0 Å². The summed E-state index contributed by atoms with van der Waals surface area (Å²) in [5, 5.41) is 11.9. The van der Waals surface area contributed by atoms with Crippen LogP contribution in [0.4, 0.5) is 24.7 Å². The van der Waals surface area contributed by atoms with Gasteiger partial charge in [0.05, 0.1) is 21.2 Å². The first-order valence-corrected chi connectivity index (χ1v) is 11.0. The number of carbonyl (C=O) groups excluding carboxylic acids is 1. The smallest absolute Gasteiger partial charge is 0.362 e. The lowest BCUT2D eigenvalue weighted by Gasteiger charge is -2.33. The van der Waals surface area contributed by atoms with Crippen LogP contribution >= 0.6 is 50.5 Å². The van der Waals surface area contributed by atoms with E-state index in [0.29, 0.717) is 5.02 Å². The van der Waals surface area contributed by atoms with Gasteiger partial charge < -0.3 is 10.6 Å². The number of fused-ring (bicyclic) bond motifs is 1. The van der Waals surface area contributed by atoms with Crippen molar-refractivity contribution in [2.75, 3.05) is 10.6 Å². The van der Waals surface area contributed by atoms with Gasteiger partial charge in [-0.25, -0.2) is 4.68 Å². The molecule has 3 heterocycles. The molecule has 0 radical (unpaired) electrons. The SMILES string of the molecule is O=C(Nc1cc(Cl)ccc1Cl)c1nn2c(c1Br)NC(c1cccs1)CC2C(F)(F)F. The summed E-state index contributed by atoms with van der Waals surface area (Å²) in [5.74, 6) is -0.632. The number of anilines is 2. The van der Waals surface area contributed by atoms with Gasteiger partial charge in [0.25, 0.3) is 5.91 Å². The van der Waals surface area contributed by atoms with Crippen LogP contribution in [-0.4, -0.2) is 21.9 Å². The average molecular weight is 540 g/mol. The van der Waals surface area contributed by atoms with Crippen molar-refractivity contribution in [3.63, 3.8) is 0 Å². The van der Waals surface area contributed by atoms with Crippen molar-refractivity contribution in [1.82, 2.24) is 9.78 Å². The molecule has 1 aromatic carbocycles. The van der Waals surface area contributed by atoms with Gasteiger partial charge in [0.1, 0.15) is 5.82 Å². The molecule has 0 bridgehead atoms. The summed E-state index contributed by atoms with van der Waals surface area (Å²) in [6.45, 7) is 0. The van der Waals surface area contributed by atoms with Gasteiger partial charge in [-0.3, -0.25) is 4.79 Å². The van der Waals surface area contributed by atoms with E-state index in [1.165, 1.54) is 23.5 Å². The van der Waals surface area contributed by atoms with Gasteiger partial charge in [0.15, 0.2) is 11.7 Å². The molecule has 5 nitrogen and oxygen atoms in total. The molecule has 3 aromatic rings. The van der Waals surface area contributed by atoms with Crippen molar-refractivity contribution < 1.29 is 18.0 Å². The fraction of sp³-hybridized carbons (Fsp3) is 0.222. The Bertz CT molecular complexity index is 1100. The molecule has 2 unspecified atom stereocenters. The summed E-state index contributed by atoms with van der Waals surface area (Å²) in [5.41, 5.74) is 0.0263. The molecule has 2 atom stereocenters. The van der Waals surface area contributed by atoms with Crippen LogP contribution < -0.4 is 10.6 Å². The highest BCUT2D eigenvalue weighted by atomic mass is 79.9. The largest absolute Gasteiger partial charge is 0.410 e. The Hall–Kier alpha value is -1.75. The first kappa shape index (κ1) is 21.5. The molecule has 158 valence electrons. The number of carbonyl (C=O) groups is 1. The number of hydrogen-bond donors (Lipinski definition) is 2. The summed E-state index contributed by atoms with van der Waals surface area (Å²) in [6.07, 6.45) is -4.78. The molecule has 0 saturated carbocycles.